The van der Waals surface area contributed by atoms with Gasteiger partial charge in [0.2, 0.25) is 0 Å². The number of urea groups is 1. The Hall–Kier alpha value is -0.770. The van der Waals surface area contributed by atoms with Crippen molar-refractivity contribution in [3.63, 3.8) is 0 Å². The molecule has 1 aliphatic carbocycles. The summed E-state index contributed by atoms with van der Waals surface area (Å²) in [6.07, 6.45) is 6.20. The Morgan fingerprint density at radius 2 is 2.07 bits per heavy atom. The summed E-state index contributed by atoms with van der Waals surface area (Å²) in [6.45, 7) is 1.36. The second-order valence-electron chi connectivity index (χ2n) is 4.33. The Bertz CT molecular complexity index is 213. The van der Waals surface area contributed by atoms with Gasteiger partial charge in [-0.2, -0.15) is 0 Å². The second kappa shape index (κ2) is 4.17. The molecule has 4 nitrogen and oxygen atoms in total. The predicted octanol–water partition coefficient (Wildman–Crippen LogP) is 0.672. The van der Waals surface area contributed by atoms with Gasteiger partial charge >= 0.3 is 6.03 Å². The molecule has 2 amide bonds. The molecule has 2 fully saturated rings. The van der Waals surface area contributed by atoms with Gasteiger partial charge in [0.05, 0.1) is 6.04 Å². The molecule has 4 heteroatoms. The highest BCUT2D eigenvalue weighted by atomic mass is 16.2. The highest BCUT2D eigenvalue weighted by Crippen LogP contribution is 2.24. The molecule has 1 unspecified atom stereocenters. The first-order valence-corrected chi connectivity index (χ1v) is 5.58. The van der Waals surface area contributed by atoms with Crippen LogP contribution in [0.5, 0.6) is 0 Å². The lowest BCUT2D eigenvalue weighted by atomic mass is 9.94. The Morgan fingerprint density at radius 3 is 2.64 bits per heavy atom. The van der Waals surface area contributed by atoms with Gasteiger partial charge in [-0.05, 0) is 12.8 Å². The molecule has 1 heterocycles. The first-order chi connectivity index (χ1) is 6.81. The zero-order chi connectivity index (χ0) is 9.97. The maximum absolute atomic E-state index is 11.6. The number of rotatable bonds is 2. The van der Waals surface area contributed by atoms with E-state index in [-0.39, 0.29) is 12.1 Å². The highest BCUT2D eigenvalue weighted by Gasteiger charge is 2.33. The quantitative estimate of drug-likeness (QED) is 0.683. The SMILES string of the molecule is NCC1CN(C2CCCCC2)C(=O)N1. The summed E-state index contributed by atoms with van der Waals surface area (Å²) in [5.41, 5.74) is 5.55. The maximum atomic E-state index is 11.6. The molecule has 0 radical (unpaired) electrons. The molecule has 14 heavy (non-hydrogen) atoms. The van der Waals surface area contributed by atoms with Gasteiger partial charge in [0.15, 0.2) is 0 Å². The Labute approximate surface area is 84.8 Å². The van der Waals surface area contributed by atoms with E-state index in [4.69, 9.17) is 5.73 Å². The van der Waals surface area contributed by atoms with Crippen LogP contribution in [0.2, 0.25) is 0 Å². The molecule has 1 saturated heterocycles. The molecule has 1 saturated carbocycles. The van der Waals surface area contributed by atoms with Crippen molar-refractivity contribution in [2.24, 2.45) is 5.73 Å². The van der Waals surface area contributed by atoms with Crippen molar-refractivity contribution >= 4 is 6.03 Å². The number of carbonyl (C=O) groups is 1. The van der Waals surface area contributed by atoms with Crippen molar-refractivity contribution in [3.05, 3.63) is 0 Å². The van der Waals surface area contributed by atoms with Crippen LogP contribution in [-0.4, -0.2) is 36.1 Å². The third kappa shape index (κ3) is 1.85. The highest BCUT2D eigenvalue weighted by molar-refractivity contribution is 5.77. The number of carbonyl (C=O) groups excluding carboxylic acids is 1. The minimum atomic E-state index is 0.0901. The van der Waals surface area contributed by atoms with E-state index in [0.29, 0.717) is 12.6 Å². The van der Waals surface area contributed by atoms with E-state index in [1.807, 2.05) is 4.90 Å². The summed E-state index contributed by atoms with van der Waals surface area (Å²) in [4.78, 5) is 13.6. The van der Waals surface area contributed by atoms with Gasteiger partial charge in [0.1, 0.15) is 0 Å². The summed E-state index contributed by atoms with van der Waals surface area (Å²) >= 11 is 0. The predicted molar refractivity (Wildman–Crippen MR) is 55.0 cm³/mol. The Balaban J connectivity index is 1.93. The molecule has 1 atom stereocenters. The van der Waals surface area contributed by atoms with Gasteiger partial charge < -0.3 is 16.0 Å². The van der Waals surface area contributed by atoms with Gasteiger partial charge in [-0.25, -0.2) is 4.79 Å². The van der Waals surface area contributed by atoms with Crippen molar-refractivity contribution in [3.8, 4) is 0 Å². The normalized spacial score (nSPS) is 29.4. The molecule has 0 aromatic rings. The van der Waals surface area contributed by atoms with E-state index in [0.717, 1.165) is 6.54 Å². The average molecular weight is 197 g/mol. The molecule has 1 aliphatic heterocycles. The Morgan fingerprint density at radius 1 is 1.36 bits per heavy atom. The smallest absolute Gasteiger partial charge is 0.318 e. The van der Waals surface area contributed by atoms with Crippen LogP contribution in [0.3, 0.4) is 0 Å². The van der Waals surface area contributed by atoms with Crippen LogP contribution in [-0.2, 0) is 0 Å². The average Bonchev–Trinajstić information content (AvgIpc) is 2.61. The van der Waals surface area contributed by atoms with Crippen LogP contribution >= 0.6 is 0 Å². The first-order valence-electron chi connectivity index (χ1n) is 5.58. The fourth-order valence-electron chi connectivity index (χ4n) is 2.46. The number of nitrogens with two attached hydrogens (primary N) is 1. The zero-order valence-corrected chi connectivity index (χ0v) is 8.54. The van der Waals surface area contributed by atoms with Crippen LogP contribution in [0.4, 0.5) is 4.79 Å². The first kappa shape index (κ1) is 9.77. The number of nitrogens with one attached hydrogen (secondary N) is 1. The monoisotopic (exact) mass is 197 g/mol. The molecule has 0 spiro atoms. The fraction of sp³-hybridized carbons (Fsp3) is 0.900. The summed E-state index contributed by atoms with van der Waals surface area (Å²) in [7, 11) is 0. The minimum absolute atomic E-state index is 0.0901. The molecule has 0 aromatic heterocycles. The van der Waals surface area contributed by atoms with E-state index in [1.165, 1.54) is 32.1 Å². The second-order valence-corrected chi connectivity index (χ2v) is 4.33. The van der Waals surface area contributed by atoms with Crippen molar-refractivity contribution in [2.75, 3.05) is 13.1 Å². The summed E-state index contributed by atoms with van der Waals surface area (Å²) < 4.78 is 0. The van der Waals surface area contributed by atoms with Crippen LogP contribution in [0, 0.1) is 0 Å². The molecule has 80 valence electrons. The fourth-order valence-corrected chi connectivity index (χ4v) is 2.46. The lowest BCUT2D eigenvalue weighted by molar-refractivity contribution is 0.178. The zero-order valence-electron chi connectivity index (χ0n) is 8.54. The van der Waals surface area contributed by atoms with E-state index in [1.54, 1.807) is 0 Å². The van der Waals surface area contributed by atoms with Crippen LogP contribution < -0.4 is 11.1 Å². The maximum Gasteiger partial charge on any atom is 0.318 e. The molecular weight excluding hydrogens is 178 g/mol. The third-order valence-corrected chi connectivity index (χ3v) is 3.31. The lowest BCUT2D eigenvalue weighted by Crippen LogP contribution is -2.39. The molecule has 3 N–H and O–H groups in total. The van der Waals surface area contributed by atoms with Crippen molar-refractivity contribution < 1.29 is 4.79 Å². The standard InChI is InChI=1S/C10H19N3O/c11-6-8-7-13(10(14)12-8)9-4-2-1-3-5-9/h8-9H,1-7,11H2,(H,12,14). The van der Waals surface area contributed by atoms with Gasteiger partial charge in [-0.3, -0.25) is 0 Å². The van der Waals surface area contributed by atoms with E-state index in [9.17, 15) is 4.79 Å². The number of hydrogen-bond donors (Lipinski definition) is 2. The van der Waals surface area contributed by atoms with Crippen LogP contribution in [0.15, 0.2) is 0 Å². The molecular formula is C10H19N3O. The van der Waals surface area contributed by atoms with E-state index < -0.39 is 0 Å². The van der Waals surface area contributed by atoms with Crippen molar-refractivity contribution in [2.45, 2.75) is 44.2 Å². The minimum Gasteiger partial charge on any atom is -0.332 e. The summed E-state index contributed by atoms with van der Waals surface area (Å²) in [5.74, 6) is 0. The van der Waals surface area contributed by atoms with Crippen molar-refractivity contribution in [1.82, 2.24) is 10.2 Å². The summed E-state index contributed by atoms with van der Waals surface area (Å²) in [5, 5.41) is 2.91. The largest absolute Gasteiger partial charge is 0.332 e. The van der Waals surface area contributed by atoms with Gasteiger partial charge in [0.25, 0.3) is 0 Å². The molecule has 0 aromatic carbocycles. The van der Waals surface area contributed by atoms with Gasteiger partial charge in [0, 0.05) is 19.1 Å². The van der Waals surface area contributed by atoms with Gasteiger partial charge in [-0.15, -0.1) is 0 Å². The topological polar surface area (TPSA) is 58.4 Å². The molecule has 0 bridgehead atoms. The van der Waals surface area contributed by atoms with Crippen LogP contribution in [0.1, 0.15) is 32.1 Å². The number of amides is 2. The van der Waals surface area contributed by atoms with Crippen LogP contribution in [0.25, 0.3) is 0 Å². The molecule has 2 rings (SSSR count). The number of nitrogens with zero attached hydrogens (tertiary/aromatic N) is 1. The summed E-state index contributed by atoms with van der Waals surface area (Å²) in [6, 6.07) is 0.733. The number of hydrogen-bond acceptors (Lipinski definition) is 2. The van der Waals surface area contributed by atoms with Gasteiger partial charge in [-0.1, -0.05) is 19.3 Å². The van der Waals surface area contributed by atoms with E-state index >= 15 is 0 Å². The molecule has 2 aliphatic rings. The Kier molecular flexibility index (Phi) is 2.91. The lowest BCUT2D eigenvalue weighted by Gasteiger charge is -2.30. The third-order valence-electron chi connectivity index (χ3n) is 3.31. The van der Waals surface area contributed by atoms with Crippen molar-refractivity contribution in [1.29, 1.82) is 0 Å². The van der Waals surface area contributed by atoms with E-state index in [2.05, 4.69) is 5.32 Å².